The first-order valence-electron chi connectivity index (χ1n) is 12.4. The third-order valence-corrected chi connectivity index (χ3v) is 7.84. The number of nitro groups is 1. The summed E-state index contributed by atoms with van der Waals surface area (Å²) in [5.74, 6) is -2.62. The summed E-state index contributed by atoms with van der Waals surface area (Å²) >= 11 is 0. The van der Waals surface area contributed by atoms with E-state index in [-0.39, 0.29) is 17.5 Å². The highest BCUT2D eigenvalue weighted by Crippen LogP contribution is 2.59. The number of hydrogen-bond donors (Lipinski definition) is 0. The highest BCUT2D eigenvalue weighted by Gasteiger charge is 2.63. The summed E-state index contributed by atoms with van der Waals surface area (Å²) < 4.78 is 24.4. The van der Waals surface area contributed by atoms with E-state index in [2.05, 4.69) is 0 Å². The topological polar surface area (TPSA) is 99.0 Å². The average molecular weight is 527 g/mol. The lowest BCUT2D eigenvalue weighted by Crippen LogP contribution is -2.33. The molecule has 1 heterocycles. The van der Waals surface area contributed by atoms with Gasteiger partial charge >= 0.3 is 0 Å². The normalized spacial score (nSPS) is 22.8. The number of allylic oxidation sites excluding steroid dienone is 3. The number of ether oxygens (including phenoxy) is 2. The predicted molar refractivity (Wildman–Crippen MR) is 141 cm³/mol. The highest BCUT2D eigenvalue weighted by molar-refractivity contribution is 6.24. The molecule has 0 unspecified atom stereocenters. The van der Waals surface area contributed by atoms with Gasteiger partial charge in [-0.2, -0.15) is 0 Å². The van der Waals surface area contributed by atoms with Crippen molar-refractivity contribution in [3.63, 3.8) is 0 Å². The van der Waals surface area contributed by atoms with Crippen molar-refractivity contribution in [2.75, 3.05) is 19.1 Å². The van der Waals surface area contributed by atoms with Crippen LogP contribution in [0.2, 0.25) is 0 Å². The number of nitrogens with zero attached hydrogens (tertiary/aromatic N) is 2. The molecule has 2 fully saturated rings. The largest absolute Gasteiger partial charge is 0.497 e. The molecule has 0 radical (unpaired) electrons. The molecule has 8 nitrogen and oxygen atoms in total. The Morgan fingerprint density at radius 3 is 1.74 bits per heavy atom. The van der Waals surface area contributed by atoms with E-state index in [1.807, 2.05) is 60.7 Å². The quantitative estimate of drug-likeness (QED) is 0.190. The van der Waals surface area contributed by atoms with E-state index in [9.17, 15) is 24.1 Å². The van der Waals surface area contributed by atoms with Gasteiger partial charge in [0.25, 0.3) is 5.69 Å². The third-order valence-electron chi connectivity index (χ3n) is 7.84. The van der Waals surface area contributed by atoms with Crippen LogP contribution in [0, 0.1) is 39.6 Å². The van der Waals surface area contributed by atoms with Gasteiger partial charge in [-0.15, -0.1) is 0 Å². The minimum atomic E-state index is -0.819. The molecular weight excluding hydrogens is 503 g/mol. The van der Waals surface area contributed by atoms with Crippen molar-refractivity contribution < 1.29 is 28.4 Å². The second-order valence-corrected chi connectivity index (χ2v) is 9.68. The van der Waals surface area contributed by atoms with Crippen LogP contribution >= 0.6 is 0 Å². The number of halogens is 1. The number of rotatable bonds is 6. The number of anilines is 1. The Labute approximate surface area is 223 Å². The minimum absolute atomic E-state index is 0.207. The molecule has 2 amide bonds. The van der Waals surface area contributed by atoms with E-state index >= 15 is 0 Å². The smallest absolute Gasteiger partial charge is 0.296 e. The van der Waals surface area contributed by atoms with Gasteiger partial charge in [0.05, 0.1) is 37.0 Å². The van der Waals surface area contributed by atoms with E-state index in [1.165, 1.54) is 0 Å². The van der Waals surface area contributed by atoms with Gasteiger partial charge in [0.15, 0.2) is 0 Å². The first-order valence-corrected chi connectivity index (χ1v) is 12.4. The Bertz CT molecular complexity index is 1490. The Morgan fingerprint density at radius 2 is 1.31 bits per heavy atom. The van der Waals surface area contributed by atoms with Crippen molar-refractivity contribution in [2.45, 2.75) is 0 Å². The van der Waals surface area contributed by atoms with Crippen LogP contribution in [-0.4, -0.2) is 31.0 Å². The fourth-order valence-corrected chi connectivity index (χ4v) is 6.18. The molecule has 3 aromatic carbocycles. The Morgan fingerprint density at radius 1 is 0.821 bits per heavy atom. The van der Waals surface area contributed by atoms with E-state index in [1.54, 1.807) is 14.2 Å². The van der Waals surface area contributed by atoms with Gasteiger partial charge in [0, 0.05) is 11.8 Å². The summed E-state index contributed by atoms with van der Waals surface area (Å²) in [5, 5.41) is 11.6. The fourth-order valence-electron chi connectivity index (χ4n) is 6.18. The predicted octanol–water partition coefficient (Wildman–Crippen LogP) is 5.17. The van der Waals surface area contributed by atoms with Gasteiger partial charge in [-0.1, -0.05) is 36.4 Å². The van der Waals surface area contributed by atoms with Crippen molar-refractivity contribution in [2.24, 2.45) is 23.7 Å². The van der Waals surface area contributed by atoms with Crippen LogP contribution in [0.1, 0.15) is 11.1 Å². The van der Waals surface area contributed by atoms with E-state index in [0.717, 1.165) is 45.4 Å². The fraction of sp³-hybridized carbons (Fsp3) is 0.200. The van der Waals surface area contributed by atoms with Gasteiger partial charge < -0.3 is 9.47 Å². The molecule has 1 aliphatic heterocycles. The van der Waals surface area contributed by atoms with Crippen LogP contribution in [0.5, 0.6) is 11.5 Å². The molecule has 2 bridgehead atoms. The zero-order chi connectivity index (χ0) is 27.4. The molecule has 4 atom stereocenters. The Balaban J connectivity index is 1.47. The lowest BCUT2D eigenvalue weighted by molar-refractivity contribution is -0.384. The van der Waals surface area contributed by atoms with Crippen LogP contribution in [0.4, 0.5) is 15.8 Å². The van der Waals surface area contributed by atoms with Crippen molar-refractivity contribution in [1.29, 1.82) is 0 Å². The number of nitro benzene ring substituents is 1. The summed E-state index contributed by atoms with van der Waals surface area (Å²) in [4.78, 5) is 39.2. The first-order chi connectivity index (χ1) is 18.8. The van der Waals surface area contributed by atoms with Gasteiger partial charge in [0.2, 0.25) is 11.8 Å². The number of methoxy groups -OCH3 is 2. The second-order valence-electron chi connectivity index (χ2n) is 9.68. The van der Waals surface area contributed by atoms with Crippen molar-refractivity contribution in [3.05, 3.63) is 112 Å². The van der Waals surface area contributed by atoms with Crippen LogP contribution in [-0.2, 0) is 9.59 Å². The molecule has 0 N–H and O–H groups in total. The summed E-state index contributed by atoms with van der Waals surface area (Å²) in [7, 11) is 3.18. The van der Waals surface area contributed by atoms with Crippen LogP contribution < -0.4 is 14.4 Å². The Kier molecular flexibility index (Phi) is 5.79. The third kappa shape index (κ3) is 3.72. The summed E-state index contributed by atoms with van der Waals surface area (Å²) in [6.45, 7) is 0. The van der Waals surface area contributed by atoms with E-state index < -0.39 is 40.1 Å². The van der Waals surface area contributed by atoms with Crippen molar-refractivity contribution >= 4 is 28.8 Å². The number of imide groups is 1. The van der Waals surface area contributed by atoms with Gasteiger partial charge in [-0.05, 0) is 58.7 Å². The SMILES string of the molecule is COc1ccc(C(=C2[C@H]3C=C[C@H]2[C@@H]2C(=O)N(c4ccc(F)cc4[N+](=O)[O-])C(=O)[C@H]23)c2ccc(OC)cc2)cc1. The number of fused-ring (bicyclic) bond motifs is 5. The number of amides is 2. The maximum absolute atomic E-state index is 13.8. The summed E-state index contributed by atoms with van der Waals surface area (Å²) in [6.07, 6.45) is 3.89. The average Bonchev–Trinajstić information content (AvgIpc) is 3.58. The summed E-state index contributed by atoms with van der Waals surface area (Å²) in [5.41, 5.74) is 2.84. The molecule has 1 saturated heterocycles. The van der Waals surface area contributed by atoms with Gasteiger partial charge in [-0.3, -0.25) is 19.7 Å². The molecule has 0 spiro atoms. The maximum Gasteiger partial charge on any atom is 0.296 e. The Hall–Kier alpha value is -4.79. The maximum atomic E-state index is 13.8. The summed E-state index contributed by atoms with van der Waals surface area (Å²) in [6, 6.07) is 18.1. The molecule has 1 saturated carbocycles. The zero-order valence-corrected chi connectivity index (χ0v) is 21.0. The first kappa shape index (κ1) is 24.5. The van der Waals surface area contributed by atoms with E-state index in [0.29, 0.717) is 11.5 Å². The van der Waals surface area contributed by atoms with Gasteiger partial charge in [0.1, 0.15) is 23.0 Å². The number of hydrogen-bond acceptors (Lipinski definition) is 6. The van der Waals surface area contributed by atoms with Crippen LogP contribution in [0.15, 0.2) is 84.5 Å². The molecular formula is C30H23FN2O6. The molecule has 3 aromatic rings. The minimum Gasteiger partial charge on any atom is -0.497 e. The number of carbonyl (C=O) groups is 2. The van der Waals surface area contributed by atoms with Crippen molar-refractivity contribution in [1.82, 2.24) is 0 Å². The standard InChI is InChI=1S/C30H23FN2O6/c1-38-19-8-3-16(4-9-19)25(17-5-10-20(39-2)11-6-17)26-21-12-13-22(26)28-27(21)29(34)32(30(28)35)23-14-7-18(31)15-24(23)33(36)37/h3-15,21-22,27-28H,1-2H3/t21-,22-,27+,28+/m1/s1. The molecule has 39 heavy (non-hydrogen) atoms. The molecule has 3 aliphatic rings. The van der Waals surface area contributed by atoms with E-state index in [4.69, 9.17) is 9.47 Å². The van der Waals surface area contributed by atoms with Crippen LogP contribution in [0.3, 0.4) is 0 Å². The number of carbonyl (C=O) groups excluding carboxylic acids is 2. The van der Waals surface area contributed by atoms with Gasteiger partial charge in [-0.25, -0.2) is 9.29 Å². The number of benzene rings is 3. The molecule has 0 aromatic heterocycles. The molecule has 196 valence electrons. The lowest BCUT2D eigenvalue weighted by atomic mass is 9.85. The van der Waals surface area contributed by atoms with Crippen LogP contribution in [0.25, 0.3) is 5.57 Å². The lowest BCUT2D eigenvalue weighted by Gasteiger charge is -2.21. The molecule has 9 heteroatoms. The zero-order valence-electron chi connectivity index (χ0n) is 21.0. The van der Waals surface area contributed by atoms with Crippen molar-refractivity contribution in [3.8, 4) is 11.5 Å². The highest BCUT2D eigenvalue weighted by atomic mass is 19.1. The molecule has 2 aliphatic carbocycles. The second kappa shape index (κ2) is 9.20. The molecule has 6 rings (SSSR count). The monoisotopic (exact) mass is 526 g/mol.